The summed E-state index contributed by atoms with van der Waals surface area (Å²) in [6, 6.07) is 22.4. The lowest BCUT2D eigenvalue weighted by molar-refractivity contribution is -0.178. The van der Waals surface area contributed by atoms with Crippen LogP contribution in [0.15, 0.2) is 72.8 Å². The minimum absolute atomic E-state index is 0.0970. The molecule has 0 spiro atoms. The van der Waals surface area contributed by atoms with E-state index in [-0.39, 0.29) is 23.7 Å². The molecule has 0 aromatic heterocycles. The fourth-order valence-electron chi connectivity index (χ4n) is 5.89. The van der Waals surface area contributed by atoms with Gasteiger partial charge in [-0.2, -0.15) is 0 Å². The van der Waals surface area contributed by atoms with E-state index in [9.17, 15) is 19.2 Å². The van der Waals surface area contributed by atoms with E-state index in [1.807, 2.05) is 36.4 Å². The topological polar surface area (TPSA) is 102 Å². The molecule has 1 N–H and O–H groups in total. The van der Waals surface area contributed by atoms with Crippen molar-refractivity contribution in [3.05, 3.63) is 95.1 Å². The van der Waals surface area contributed by atoms with Gasteiger partial charge in [0.15, 0.2) is 0 Å². The number of carbonyl (C=O) groups excluding carboxylic acids is 4. The van der Waals surface area contributed by atoms with E-state index in [0.717, 1.165) is 22.3 Å². The van der Waals surface area contributed by atoms with Gasteiger partial charge in [0.2, 0.25) is 0 Å². The predicted octanol–water partition coefficient (Wildman–Crippen LogP) is 5.23. The molecule has 1 fully saturated rings. The molecule has 0 atom stereocenters. The van der Waals surface area contributed by atoms with Crippen LogP contribution in [-0.4, -0.2) is 41.1 Å². The predicted molar refractivity (Wildman–Crippen MR) is 142 cm³/mol. The SMILES string of the molecule is CC1CCC(NC(=O)OCC2c3ccccc3-c3ccccc32)(C(=O)ON2C(=O)c3ccccc3C2=O)CC1. The van der Waals surface area contributed by atoms with Crippen molar-refractivity contribution in [3.8, 4) is 11.1 Å². The number of hydrogen-bond donors (Lipinski definition) is 1. The summed E-state index contributed by atoms with van der Waals surface area (Å²) in [5.41, 5.74) is 3.33. The van der Waals surface area contributed by atoms with Crippen LogP contribution in [0, 0.1) is 5.92 Å². The normalized spacial score (nSPS) is 21.7. The molecule has 1 saturated carbocycles. The van der Waals surface area contributed by atoms with Crippen molar-refractivity contribution in [2.75, 3.05) is 6.61 Å². The fourth-order valence-corrected chi connectivity index (χ4v) is 5.89. The number of ether oxygens (including phenoxy) is 1. The minimum atomic E-state index is -1.41. The van der Waals surface area contributed by atoms with Crippen LogP contribution in [0.3, 0.4) is 0 Å². The van der Waals surface area contributed by atoms with Crippen molar-refractivity contribution >= 4 is 23.9 Å². The molecule has 6 rings (SSSR count). The van der Waals surface area contributed by atoms with E-state index in [4.69, 9.17) is 9.57 Å². The number of rotatable bonds is 5. The number of hydrogen-bond acceptors (Lipinski definition) is 6. The Morgan fingerprint density at radius 3 is 1.85 bits per heavy atom. The highest BCUT2D eigenvalue weighted by Gasteiger charge is 2.48. The molecular formula is C31H28N2O6. The van der Waals surface area contributed by atoms with Crippen LogP contribution in [0.2, 0.25) is 0 Å². The zero-order valence-electron chi connectivity index (χ0n) is 21.5. The molecule has 8 nitrogen and oxygen atoms in total. The molecule has 0 radical (unpaired) electrons. The maximum absolute atomic E-state index is 13.5. The number of alkyl carbamates (subject to hydrolysis) is 1. The molecule has 2 aliphatic carbocycles. The van der Waals surface area contributed by atoms with Gasteiger partial charge in [-0.1, -0.05) is 72.7 Å². The Morgan fingerprint density at radius 1 is 0.821 bits per heavy atom. The standard InChI is InChI=1S/C31H28N2O6/c1-19-14-16-31(17-15-19,29(36)39-33-27(34)24-12-6-7-13-25(24)28(33)35)32-30(37)38-18-26-22-10-4-2-8-20(22)21-9-3-5-11-23(21)26/h2-13,19,26H,14-18H2,1H3,(H,32,37). The first-order chi connectivity index (χ1) is 18.9. The van der Waals surface area contributed by atoms with Crippen LogP contribution in [0.25, 0.3) is 11.1 Å². The lowest BCUT2D eigenvalue weighted by atomic mass is 9.77. The van der Waals surface area contributed by atoms with Gasteiger partial charge in [-0.05, 0) is 66.0 Å². The van der Waals surface area contributed by atoms with Crippen LogP contribution in [-0.2, 0) is 14.4 Å². The van der Waals surface area contributed by atoms with Crippen LogP contribution in [0.1, 0.15) is 70.4 Å². The molecule has 1 aliphatic heterocycles. The number of hydroxylamine groups is 2. The van der Waals surface area contributed by atoms with Crippen LogP contribution >= 0.6 is 0 Å². The lowest BCUT2D eigenvalue weighted by Crippen LogP contribution is -2.58. The molecular weight excluding hydrogens is 496 g/mol. The lowest BCUT2D eigenvalue weighted by Gasteiger charge is -2.37. The molecule has 8 heteroatoms. The van der Waals surface area contributed by atoms with Crippen molar-refractivity contribution in [2.24, 2.45) is 5.92 Å². The second-order valence-corrected chi connectivity index (χ2v) is 10.5. The summed E-state index contributed by atoms with van der Waals surface area (Å²) in [5, 5.41) is 3.26. The molecule has 3 amide bonds. The number of imide groups is 1. The number of carbonyl (C=O) groups is 4. The largest absolute Gasteiger partial charge is 0.449 e. The van der Waals surface area contributed by atoms with Crippen molar-refractivity contribution in [3.63, 3.8) is 0 Å². The van der Waals surface area contributed by atoms with Crippen molar-refractivity contribution in [2.45, 2.75) is 44.1 Å². The number of nitrogens with one attached hydrogen (secondary N) is 1. The number of benzene rings is 3. The van der Waals surface area contributed by atoms with Crippen LogP contribution in [0.4, 0.5) is 4.79 Å². The minimum Gasteiger partial charge on any atom is -0.449 e. The first-order valence-electron chi connectivity index (χ1n) is 13.2. The Balaban J connectivity index is 1.18. The van der Waals surface area contributed by atoms with E-state index in [1.54, 1.807) is 12.1 Å². The third kappa shape index (κ3) is 4.26. The highest BCUT2D eigenvalue weighted by molar-refractivity contribution is 6.21. The maximum atomic E-state index is 13.5. The maximum Gasteiger partial charge on any atom is 0.408 e. The summed E-state index contributed by atoms with van der Waals surface area (Å²) in [4.78, 5) is 57.6. The molecule has 0 unspecified atom stereocenters. The van der Waals surface area contributed by atoms with Crippen molar-refractivity contribution < 1.29 is 28.8 Å². The van der Waals surface area contributed by atoms with E-state index in [1.165, 1.54) is 12.1 Å². The van der Waals surface area contributed by atoms with Gasteiger partial charge in [-0.25, -0.2) is 9.59 Å². The second-order valence-electron chi connectivity index (χ2n) is 10.5. The quantitative estimate of drug-likeness (QED) is 0.459. The zero-order valence-corrected chi connectivity index (χ0v) is 21.5. The molecule has 3 aliphatic rings. The summed E-state index contributed by atoms with van der Waals surface area (Å²) >= 11 is 0. The number of nitrogens with zero attached hydrogens (tertiary/aromatic N) is 1. The van der Waals surface area contributed by atoms with E-state index >= 15 is 0 Å². The summed E-state index contributed by atoms with van der Waals surface area (Å²) in [5.74, 6) is -2.03. The van der Waals surface area contributed by atoms with E-state index < -0.39 is 29.4 Å². The molecule has 198 valence electrons. The Bertz CT molecular complexity index is 1410. The first-order valence-corrected chi connectivity index (χ1v) is 13.2. The van der Waals surface area contributed by atoms with Gasteiger partial charge in [-0.3, -0.25) is 9.59 Å². The molecule has 3 aromatic carbocycles. The Morgan fingerprint density at radius 2 is 1.31 bits per heavy atom. The number of amides is 3. The van der Waals surface area contributed by atoms with Gasteiger partial charge in [0, 0.05) is 5.92 Å². The average Bonchev–Trinajstić information content (AvgIpc) is 3.40. The fraction of sp³-hybridized carbons (Fsp3) is 0.290. The molecule has 39 heavy (non-hydrogen) atoms. The summed E-state index contributed by atoms with van der Waals surface area (Å²) in [6.07, 6.45) is 1.20. The Kier molecular flexibility index (Phi) is 6.17. The van der Waals surface area contributed by atoms with Gasteiger partial charge in [-0.15, -0.1) is 0 Å². The van der Waals surface area contributed by atoms with Gasteiger partial charge >= 0.3 is 12.1 Å². The summed E-state index contributed by atoms with van der Waals surface area (Å²) in [7, 11) is 0. The summed E-state index contributed by atoms with van der Waals surface area (Å²) in [6.45, 7) is 2.17. The van der Waals surface area contributed by atoms with E-state index in [0.29, 0.717) is 36.7 Å². The van der Waals surface area contributed by atoms with Gasteiger partial charge in [0.05, 0.1) is 11.1 Å². The van der Waals surface area contributed by atoms with Crippen LogP contribution < -0.4 is 5.32 Å². The summed E-state index contributed by atoms with van der Waals surface area (Å²) < 4.78 is 5.70. The number of fused-ring (bicyclic) bond motifs is 4. The van der Waals surface area contributed by atoms with Crippen LogP contribution in [0.5, 0.6) is 0 Å². The third-order valence-corrected chi connectivity index (χ3v) is 8.13. The van der Waals surface area contributed by atoms with Crippen molar-refractivity contribution in [1.82, 2.24) is 10.4 Å². The highest BCUT2D eigenvalue weighted by Crippen LogP contribution is 2.44. The molecule has 3 aromatic rings. The molecule has 1 heterocycles. The Labute approximate surface area is 225 Å². The Hall–Kier alpha value is -4.46. The van der Waals surface area contributed by atoms with Gasteiger partial charge in [0.25, 0.3) is 11.8 Å². The molecule has 0 saturated heterocycles. The van der Waals surface area contributed by atoms with Crippen molar-refractivity contribution in [1.29, 1.82) is 0 Å². The third-order valence-electron chi connectivity index (χ3n) is 8.13. The van der Waals surface area contributed by atoms with E-state index in [2.05, 4.69) is 24.4 Å². The monoisotopic (exact) mass is 524 g/mol. The highest BCUT2D eigenvalue weighted by atomic mass is 16.7. The first kappa shape index (κ1) is 24.9. The van der Waals surface area contributed by atoms with Gasteiger partial charge in [0.1, 0.15) is 12.1 Å². The molecule has 0 bridgehead atoms. The zero-order chi connectivity index (χ0) is 27.1. The average molecular weight is 525 g/mol. The second kappa shape index (κ2) is 9.69. The van der Waals surface area contributed by atoms with Gasteiger partial charge < -0.3 is 14.9 Å². The smallest absolute Gasteiger partial charge is 0.408 e.